The molecule has 3 nitrogen and oxygen atoms in total. The molecular weight excluding hydrogens is 420 g/mol. The fraction of sp³-hybridized carbons (Fsp3) is 0.438. The molecule has 2 N–H and O–H groups in total. The third-order valence-corrected chi connectivity index (χ3v) is 5.75. The van der Waals surface area contributed by atoms with E-state index in [1.807, 2.05) is 0 Å². The van der Waals surface area contributed by atoms with Crippen LogP contribution in [0, 0.1) is 0 Å². The zero-order valence-electron chi connectivity index (χ0n) is 14.1. The molecule has 1 saturated heterocycles. The van der Waals surface area contributed by atoms with Crippen LogP contribution in [0.2, 0.25) is 0 Å². The van der Waals surface area contributed by atoms with E-state index >= 15 is 0 Å². The van der Waals surface area contributed by atoms with E-state index in [-0.39, 0.29) is 6.07 Å². The molecule has 3 rings (SSSR count). The van der Waals surface area contributed by atoms with Crippen LogP contribution in [0.5, 0.6) is 0 Å². The summed E-state index contributed by atoms with van der Waals surface area (Å²) in [5.41, 5.74) is -3.83. The third-order valence-electron chi connectivity index (χ3n) is 4.59. The maximum atomic E-state index is 13.4. The van der Waals surface area contributed by atoms with Crippen molar-refractivity contribution in [3.05, 3.63) is 35.5 Å². The van der Waals surface area contributed by atoms with Gasteiger partial charge in [0, 0.05) is 11.4 Å². The molecule has 2 heterocycles. The lowest BCUT2D eigenvalue weighted by Crippen LogP contribution is -2.39. The first kappa shape index (κ1) is 21.1. The van der Waals surface area contributed by atoms with Crippen molar-refractivity contribution in [1.82, 2.24) is 10.3 Å². The molecule has 1 aromatic heterocycles. The third kappa shape index (κ3) is 4.18. The molecule has 1 fully saturated rings. The molecule has 158 valence electrons. The van der Waals surface area contributed by atoms with Crippen LogP contribution in [0.3, 0.4) is 0 Å². The van der Waals surface area contributed by atoms with Crippen LogP contribution >= 0.6 is 10.2 Å². The molecule has 0 radical (unpaired) electrons. The maximum absolute atomic E-state index is 13.4. The predicted molar refractivity (Wildman–Crippen MR) is 88.7 cm³/mol. The van der Waals surface area contributed by atoms with Crippen molar-refractivity contribution in [2.45, 2.75) is 42.5 Å². The molecule has 0 amide bonds. The van der Waals surface area contributed by atoms with E-state index in [0.29, 0.717) is 31.5 Å². The van der Waals surface area contributed by atoms with Crippen LogP contribution in [0.15, 0.2) is 29.2 Å². The van der Waals surface area contributed by atoms with Gasteiger partial charge < -0.3 is 10.4 Å². The highest BCUT2D eigenvalue weighted by molar-refractivity contribution is 8.46. The van der Waals surface area contributed by atoms with Crippen molar-refractivity contribution in [3.8, 4) is 0 Å². The second-order valence-electron chi connectivity index (χ2n) is 6.72. The fourth-order valence-electron chi connectivity index (χ4n) is 3.31. The van der Waals surface area contributed by atoms with Crippen LogP contribution in [-0.2, 0) is 6.18 Å². The van der Waals surface area contributed by atoms with E-state index < -0.39 is 55.6 Å². The molecule has 0 unspecified atom stereocenters. The second-order valence-corrected chi connectivity index (χ2v) is 9.09. The van der Waals surface area contributed by atoms with Crippen LogP contribution in [0.4, 0.5) is 32.6 Å². The Bertz CT molecular complexity index is 907. The number of halogens is 8. The quantitative estimate of drug-likeness (QED) is 0.573. The monoisotopic (exact) mass is 436 g/mol. The van der Waals surface area contributed by atoms with E-state index in [0.717, 1.165) is 12.5 Å². The van der Waals surface area contributed by atoms with Crippen LogP contribution in [0.25, 0.3) is 10.9 Å². The molecule has 12 heteroatoms. The Balaban J connectivity index is 2.32. The highest BCUT2D eigenvalue weighted by Crippen LogP contribution is 3.02. The molecule has 0 saturated carbocycles. The average molecular weight is 436 g/mol. The Labute approximate surface area is 154 Å². The van der Waals surface area contributed by atoms with Crippen molar-refractivity contribution in [1.29, 1.82) is 0 Å². The first-order valence-electron chi connectivity index (χ1n) is 8.24. The Hall–Kier alpha value is -1.66. The molecule has 0 spiro atoms. The molecule has 2 aromatic rings. The zero-order chi connectivity index (χ0) is 21.0. The Morgan fingerprint density at radius 1 is 1.11 bits per heavy atom. The maximum Gasteiger partial charge on any atom is 0.433 e. The minimum absolute atomic E-state index is 0.00601. The summed E-state index contributed by atoms with van der Waals surface area (Å²) in [6, 6.07) is 1.31. The predicted octanol–water partition coefficient (Wildman–Crippen LogP) is 6.09. The molecule has 2 atom stereocenters. The SMILES string of the molecule is O[C@@H](c1cc(C(F)(F)F)nc2c(S(F)(F)(F)(F)F)cccc12)[C@@H]1CCCCN1. The Morgan fingerprint density at radius 3 is 2.32 bits per heavy atom. The summed E-state index contributed by atoms with van der Waals surface area (Å²) in [6.07, 6.45) is -5.02. The number of benzene rings is 1. The van der Waals surface area contributed by atoms with Crippen molar-refractivity contribution >= 4 is 21.1 Å². The summed E-state index contributed by atoms with van der Waals surface area (Å²) in [5.74, 6) is 0. The summed E-state index contributed by atoms with van der Waals surface area (Å²) >= 11 is 0. The lowest BCUT2D eigenvalue weighted by molar-refractivity contribution is -0.141. The minimum atomic E-state index is -10.3. The molecular formula is C16H16F8N2OS. The number of piperidine rings is 1. The van der Waals surface area contributed by atoms with Crippen molar-refractivity contribution in [3.63, 3.8) is 0 Å². The Morgan fingerprint density at radius 2 is 1.79 bits per heavy atom. The molecule has 0 bridgehead atoms. The highest BCUT2D eigenvalue weighted by atomic mass is 32.5. The number of nitrogens with one attached hydrogen (secondary N) is 1. The van der Waals surface area contributed by atoms with Crippen LogP contribution in [0.1, 0.15) is 36.6 Å². The van der Waals surface area contributed by atoms with Gasteiger partial charge in [-0.25, -0.2) is 4.98 Å². The van der Waals surface area contributed by atoms with Crippen molar-refractivity contribution in [2.24, 2.45) is 0 Å². The smallest absolute Gasteiger partial charge is 0.387 e. The summed E-state index contributed by atoms with van der Waals surface area (Å²) in [7, 11) is -10.3. The number of hydrogen-bond donors (Lipinski definition) is 2. The molecule has 0 aliphatic carbocycles. The summed E-state index contributed by atoms with van der Waals surface area (Å²) in [6.45, 7) is 0.466. The van der Waals surface area contributed by atoms with E-state index in [4.69, 9.17) is 0 Å². The number of aliphatic hydroxyl groups excluding tert-OH is 1. The topological polar surface area (TPSA) is 45.2 Å². The largest absolute Gasteiger partial charge is 0.433 e. The van der Waals surface area contributed by atoms with Crippen LogP contribution in [-0.4, -0.2) is 22.7 Å². The van der Waals surface area contributed by atoms with Gasteiger partial charge in [0.05, 0.1) is 11.6 Å². The highest BCUT2D eigenvalue weighted by Gasteiger charge is 2.66. The van der Waals surface area contributed by atoms with Gasteiger partial charge in [-0.2, -0.15) is 13.2 Å². The average Bonchev–Trinajstić information content (AvgIpc) is 2.57. The first-order valence-corrected chi connectivity index (χ1v) is 10.2. The van der Waals surface area contributed by atoms with Gasteiger partial charge in [0.15, 0.2) is 0 Å². The summed E-state index contributed by atoms with van der Waals surface area (Å²) < 4.78 is 107. The van der Waals surface area contributed by atoms with Gasteiger partial charge in [0.25, 0.3) is 0 Å². The number of alkyl halides is 3. The minimum Gasteiger partial charge on any atom is -0.387 e. The summed E-state index contributed by atoms with van der Waals surface area (Å²) in [5, 5.41) is 12.8. The van der Waals surface area contributed by atoms with Crippen molar-refractivity contribution in [2.75, 3.05) is 6.54 Å². The lowest BCUT2D eigenvalue weighted by Gasteiger charge is -2.41. The number of para-hydroxylation sites is 1. The van der Waals surface area contributed by atoms with Gasteiger partial charge >= 0.3 is 16.4 Å². The number of aliphatic hydroxyl groups is 1. The van der Waals surface area contributed by atoms with E-state index in [1.54, 1.807) is 0 Å². The van der Waals surface area contributed by atoms with Gasteiger partial charge in [-0.3, -0.25) is 0 Å². The fourth-order valence-corrected chi connectivity index (χ4v) is 4.17. The van der Waals surface area contributed by atoms with Crippen LogP contribution < -0.4 is 5.32 Å². The van der Waals surface area contributed by atoms with Gasteiger partial charge in [-0.1, -0.05) is 38.0 Å². The van der Waals surface area contributed by atoms with Gasteiger partial charge in [0.2, 0.25) is 0 Å². The zero-order valence-corrected chi connectivity index (χ0v) is 14.9. The number of fused-ring (bicyclic) bond motifs is 1. The number of aromatic nitrogens is 1. The van der Waals surface area contributed by atoms with E-state index in [1.165, 1.54) is 0 Å². The van der Waals surface area contributed by atoms with Gasteiger partial charge in [0.1, 0.15) is 10.6 Å². The molecule has 28 heavy (non-hydrogen) atoms. The van der Waals surface area contributed by atoms with Gasteiger partial charge in [-0.05, 0) is 37.1 Å². The first-order chi connectivity index (χ1) is 12.6. The number of nitrogens with zero attached hydrogens (tertiary/aromatic N) is 1. The Kier molecular flexibility index (Phi) is 4.46. The van der Waals surface area contributed by atoms with E-state index in [9.17, 15) is 37.7 Å². The second kappa shape index (κ2) is 5.92. The number of rotatable bonds is 3. The molecule has 1 aromatic carbocycles. The summed E-state index contributed by atoms with van der Waals surface area (Å²) in [4.78, 5) is 0.359. The molecule has 1 aliphatic heterocycles. The van der Waals surface area contributed by atoms with Crippen molar-refractivity contribution < 1.29 is 37.7 Å². The normalized spacial score (nSPS) is 22.5. The number of hydrogen-bond acceptors (Lipinski definition) is 3. The standard InChI is InChI=1S/C16H16F8N2OS/c17-16(18,19)13-8-10(15(27)11-5-1-2-7-25-11)9-4-3-6-12(14(9)26-13)28(20,21,22,23)24/h3-4,6,8,11,15,25,27H,1-2,5,7H2/t11-,15-/m0/s1. The molecule has 1 aliphatic rings. The lowest BCUT2D eigenvalue weighted by atomic mass is 9.92. The van der Waals surface area contributed by atoms with E-state index in [2.05, 4.69) is 10.3 Å². The number of pyridine rings is 1. The van der Waals surface area contributed by atoms with Gasteiger partial charge in [-0.15, -0.1) is 0 Å².